The summed E-state index contributed by atoms with van der Waals surface area (Å²) in [6.45, 7) is 7.66. The maximum atomic E-state index is 11.3. The Hall–Kier alpha value is -1.45. The number of amides is 1. The molecule has 1 amide bonds. The summed E-state index contributed by atoms with van der Waals surface area (Å²) in [6, 6.07) is 0. The highest BCUT2D eigenvalue weighted by molar-refractivity contribution is 5.90. The number of nitrogens with one attached hydrogen (secondary N) is 1. The van der Waals surface area contributed by atoms with Crippen LogP contribution in [0.25, 0.3) is 0 Å². The van der Waals surface area contributed by atoms with Crippen LogP contribution < -0.4 is 5.32 Å². The molecule has 1 N–H and O–H groups in total. The van der Waals surface area contributed by atoms with Crippen LogP contribution in [-0.4, -0.2) is 15.9 Å². The Kier molecular flexibility index (Phi) is 3.77. The fourth-order valence-corrected chi connectivity index (χ4v) is 1.19. The highest BCUT2D eigenvalue weighted by Crippen LogP contribution is 2.15. The fourth-order valence-electron chi connectivity index (χ4n) is 1.19. The zero-order chi connectivity index (χ0) is 11.4. The Morgan fingerprint density at radius 3 is 2.47 bits per heavy atom. The molecule has 0 saturated carbocycles. The van der Waals surface area contributed by atoms with Crippen molar-refractivity contribution in [3.8, 4) is 0 Å². The van der Waals surface area contributed by atoms with Crippen molar-refractivity contribution in [2.45, 2.75) is 40.5 Å². The lowest BCUT2D eigenvalue weighted by molar-refractivity contribution is -0.115. The van der Waals surface area contributed by atoms with Crippen molar-refractivity contribution < 1.29 is 4.79 Å². The first-order valence-electron chi connectivity index (χ1n) is 5.22. The molecule has 0 bridgehead atoms. The van der Waals surface area contributed by atoms with E-state index in [0.717, 1.165) is 23.5 Å². The molecule has 1 aromatic heterocycles. The van der Waals surface area contributed by atoms with Gasteiger partial charge in [-0.25, -0.2) is 9.97 Å². The number of nitrogens with zero attached hydrogens (tertiary/aromatic N) is 2. The monoisotopic (exact) mass is 207 g/mol. The first-order chi connectivity index (χ1) is 7.08. The van der Waals surface area contributed by atoms with Crippen LogP contribution in [-0.2, 0) is 11.2 Å². The van der Waals surface area contributed by atoms with Crippen molar-refractivity contribution in [2.24, 2.45) is 0 Å². The van der Waals surface area contributed by atoms with Gasteiger partial charge in [-0.3, -0.25) is 4.79 Å². The van der Waals surface area contributed by atoms with E-state index in [4.69, 9.17) is 0 Å². The largest absolute Gasteiger partial charge is 0.310 e. The highest BCUT2D eigenvalue weighted by atomic mass is 16.1. The van der Waals surface area contributed by atoms with Gasteiger partial charge in [0.25, 0.3) is 0 Å². The average Bonchev–Trinajstić information content (AvgIpc) is 2.24. The van der Waals surface area contributed by atoms with Gasteiger partial charge in [0, 0.05) is 24.1 Å². The van der Waals surface area contributed by atoms with Gasteiger partial charge < -0.3 is 5.32 Å². The van der Waals surface area contributed by atoms with E-state index in [9.17, 15) is 4.79 Å². The van der Waals surface area contributed by atoms with Crippen LogP contribution in [0, 0.1) is 13.8 Å². The number of rotatable bonds is 3. The van der Waals surface area contributed by atoms with Crippen molar-refractivity contribution >= 4 is 11.7 Å². The maximum absolute atomic E-state index is 11.3. The molecular weight excluding hydrogens is 190 g/mol. The highest BCUT2D eigenvalue weighted by Gasteiger charge is 2.08. The molecule has 0 spiro atoms. The predicted octanol–water partition coefficient (Wildman–Crippen LogP) is 2.00. The van der Waals surface area contributed by atoms with Gasteiger partial charge in [-0.2, -0.15) is 0 Å². The van der Waals surface area contributed by atoms with E-state index in [1.807, 2.05) is 27.7 Å². The van der Waals surface area contributed by atoms with Crippen molar-refractivity contribution in [2.75, 3.05) is 5.32 Å². The second kappa shape index (κ2) is 4.87. The Bertz CT molecular complexity index is 374. The molecule has 0 saturated heterocycles. The number of anilines is 1. The molecule has 1 rings (SSSR count). The molecule has 1 heterocycles. The zero-order valence-electron chi connectivity index (χ0n) is 9.72. The van der Waals surface area contributed by atoms with E-state index in [-0.39, 0.29) is 5.91 Å². The predicted molar refractivity (Wildman–Crippen MR) is 59.8 cm³/mol. The molecular formula is C11H17N3O. The molecule has 0 aromatic carbocycles. The number of aryl methyl sites for hydroxylation is 2. The summed E-state index contributed by atoms with van der Waals surface area (Å²) >= 11 is 0. The van der Waals surface area contributed by atoms with Crippen LogP contribution in [0.1, 0.15) is 37.4 Å². The normalized spacial score (nSPS) is 10.1. The lowest BCUT2D eigenvalue weighted by Gasteiger charge is -2.09. The van der Waals surface area contributed by atoms with E-state index in [1.165, 1.54) is 0 Å². The van der Waals surface area contributed by atoms with E-state index in [2.05, 4.69) is 15.3 Å². The molecule has 4 heteroatoms. The molecule has 0 radical (unpaired) electrons. The van der Waals surface area contributed by atoms with E-state index < -0.39 is 0 Å². The number of aromatic nitrogens is 2. The van der Waals surface area contributed by atoms with Gasteiger partial charge in [-0.15, -0.1) is 0 Å². The smallest absolute Gasteiger partial charge is 0.225 e. The SMILES string of the molecule is CCC(=O)Nc1nc(CC)nc(C)c1C. The van der Waals surface area contributed by atoms with Gasteiger partial charge >= 0.3 is 0 Å². The van der Waals surface area contributed by atoms with Crippen LogP contribution in [0.4, 0.5) is 5.82 Å². The molecule has 0 aliphatic heterocycles. The molecule has 0 unspecified atom stereocenters. The number of hydrogen-bond donors (Lipinski definition) is 1. The summed E-state index contributed by atoms with van der Waals surface area (Å²) in [5.41, 5.74) is 1.86. The minimum Gasteiger partial charge on any atom is -0.310 e. The lowest BCUT2D eigenvalue weighted by Crippen LogP contribution is -2.14. The third-order valence-electron chi connectivity index (χ3n) is 2.33. The number of hydrogen-bond acceptors (Lipinski definition) is 3. The van der Waals surface area contributed by atoms with Gasteiger partial charge in [0.2, 0.25) is 5.91 Å². The molecule has 4 nitrogen and oxygen atoms in total. The standard InChI is InChI=1S/C11H17N3O/c1-5-9-12-8(4)7(3)11(13-9)14-10(15)6-2/h5-6H2,1-4H3,(H,12,13,14,15). The van der Waals surface area contributed by atoms with Gasteiger partial charge in [-0.1, -0.05) is 13.8 Å². The van der Waals surface area contributed by atoms with Crippen molar-refractivity contribution in [3.05, 3.63) is 17.1 Å². The Balaban J connectivity index is 3.05. The summed E-state index contributed by atoms with van der Waals surface area (Å²) in [4.78, 5) is 19.9. The van der Waals surface area contributed by atoms with Crippen LogP contribution in [0.2, 0.25) is 0 Å². The van der Waals surface area contributed by atoms with Crippen molar-refractivity contribution in [1.29, 1.82) is 0 Å². The maximum Gasteiger partial charge on any atom is 0.225 e. The van der Waals surface area contributed by atoms with Gasteiger partial charge in [0.05, 0.1) is 0 Å². The summed E-state index contributed by atoms with van der Waals surface area (Å²) in [5, 5.41) is 2.79. The topological polar surface area (TPSA) is 54.9 Å². The minimum absolute atomic E-state index is 0.0155. The molecule has 0 aliphatic carbocycles. The summed E-state index contributed by atoms with van der Waals surface area (Å²) in [6.07, 6.45) is 1.24. The van der Waals surface area contributed by atoms with Gasteiger partial charge in [-0.05, 0) is 13.8 Å². The Labute approximate surface area is 90.1 Å². The van der Waals surface area contributed by atoms with E-state index >= 15 is 0 Å². The Morgan fingerprint density at radius 1 is 1.27 bits per heavy atom. The molecule has 0 aliphatic rings. The second-order valence-electron chi connectivity index (χ2n) is 3.45. The van der Waals surface area contributed by atoms with Crippen LogP contribution >= 0.6 is 0 Å². The van der Waals surface area contributed by atoms with Crippen LogP contribution in [0.5, 0.6) is 0 Å². The number of carbonyl (C=O) groups is 1. The summed E-state index contributed by atoms with van der Waals surface area (Å²) in [5.74, 6) is 1.40. The summed E-state index contributed by atoms with van der Waals surface area (Å²) in [7, 11) is 0. The van der Waals surface area contributed by atoms with E-state index in [0.29, 0.717) is 12.2 Å². The van der Waals surface area contributed by atoms with Crippen LogP contribution in [0.15, 0.2) is 0 Å². The quantitative estimate of drug-likeness (QED) is 0.824. The second-order valence-corrected chi connectivity index (χ2v) is 3.45. The van der Waals surface area contributed by atoms with Crippen molar-refractivity contribution in [3.63, 3.8) is 0 Å². The average molecular weight is 207 g/mol. The summed E-state index contributed by atoms with van der Waals surface area (Å²) < 4.78 is 0. The van der Waals surface area contributed by atoms with Crippen LogP contribution in [0.3, 0.4) is 0 Å². The number of carbonyl (C=O) groups excluding carboxylic acids is 1. The van der Waals surface area contributed by atoms with Gasteiger partial charge in [0.15, 0.2) is 0 Å². The van der Waals surface area contributed by atoms with Gasteiger partial charge in [0.1, 0.15) is 11.6 Å². The zero-order valence-corrected chi connectivity index (χ0v) is 9.72. The first-order valence-corrected chi connectivity index (χ1v) is 5.22. The molecule has 82 valence electrons. The minimum atomic E-state index is -0.0155. The fraction of sp³-hybridized carbons (Fsp3) is 0.545. The molecule has 0 atom stereocenters. The third-order valence-corrected chi connectivity index (χ3v) is 2.33. The molecule has 1 aromatic rings. The Morgan fingerprint density at radius 2 is 1.93 bits per heavy atom. The lowest BCUT2D eigenvalue weighted by atomic mass is 10.2. The third kappa shape index (κ3) is 2.75. The molecule has 0 fully saturated rings. The first kappa shape index (κ1) is 11.6. The molecule has 15 heavy (non-hydrogen) atoms. The van der Waals surface area contributed by atoms with Crippen molar-refractivity contribution in [1.82, 2.24) is 9.97 Å². The van der Waals surface area contributed by atoms with E-state index in [1.54, 1.807) is 0 Å².